The highest BCUT2D eigenvalue weighted by Gasteiger charge is 2.26. The summed E-state index contributed by atoms with van der Waals surface area (Å²) in [5.74, 6) is 1.07. The first kappa shape index (κ1) is 16.9. The number of fused-ring (bicyclic) bond motifs is 1. The van der Waals surface area contributed by atoms with Crippen LogP contribution in [0.4, 0.5) is 5.69 Å². The Balaban J connectivity index is 1.51. The lowest BCUT2D eigenvalue weighted by atomic mass is 10.1. The first-order chi connectivity index (χ1) is 12.7. The van der Waals surface area contributed by atoms with Gasteiger partial charge in [-0.2, -0.15) is 0 Å². The zero-order valence-corrected chi connectivity index (χ0v) is 15.6. The van der Waals surface area contributed by atoms with Crippen LogP contribution in [0.5, 0.6) is 0 Å². The number of rotatable bonds is 4. The summed E-state index contributed by atoms with van der Waals surface area (Å²) in [7, 11) is 0. The number of carbonyl (C=O) groups excluding carboxylic acids is 1. The average molecular weight is 359 g/mol. The fourth-order valence-electron chi connectivity index (χ4n) is 3.38. The number of hydrogen-bond donors (Lipinski definition) is 0. The Morgan fingerprint density at radius 3 is 2.58 bits per heavy atom. The number of anilines is 1. The van der Waals surface area contributed by atoms with Crippen LogP contribution >= 0.6 is 11.8 Å². The third kappa shape index (κ3) is 3.40. The molecule has 0 N–H and O–H groups in total. The minimum atomic E-state index is 0.103. The predicted octanol–water partition coefficient (Wildman–Crippen LogP) is 5.49. The monoisotopic (exact) mass is 359 g/mol. The molecule has 1 aliphatic heterocycles. The van der Waals surface area contributed by atoms with E-state index in [9.17, 15) is 4.79 Å². The minimum Gasteiger partial charge on any atom is -0.308 e. The highest BCUT2D eigenvalue weighted by Crippen LogP contribution is 2.34. The Morgan fingerprint density at radius 2 is 1.77 bits per heavy atom. The molecule has 0 fully saturated rings. The number of hydrogen-bond acceptors (Lipinski definition) is 2. The molecule has 0 aliphatic carbocycles. The third-order valence-corrected chi connectivity index (χ3v) is 5.88. The van der Waals surface area contributed by atoms with Gasteiger partial charge in [0.1, 0.15) is 0 Å². The molecule has 0 radical (unpaired) electrons. The first-order valence-electron chi connectivity index (χ1n) is 8.89. The molecule has 26 heavy (non-hydrogen) atoms. The van der Waals surface area contributed by atoms with Gasteiger partial charge in [0, 0.05) is 28.4 Å². The van der Waals surface area contributed by atoms with E-state index in [1.807, 2.05) is 53.9 Å². The summed E-state index contributed by atoms with van der Waals surface area (Å²) < 4.78 is 0. The molecule has 0 atom stereocenters. The zero-order valence-electron chi connectivity index (χ0n) is 14.8. The maximum Gasteiger partial charge on any atom is 0.258 e. The summed E-state index contributed by atoms with van der Waals surface area (Å²) in [6.07, 6.45) is 0.923. The molecule has 0 saturated carbocycles. The van der Waals surface area contributed by atoms with Gasteiger partial charge in [0.2, 0.25) is 0 Å². The Bertz CT molecular complexity index is 936. The van der Waals surface area contributed by atoms with Crippen LogP contribution in [0.2, 0.25) is 0 Å². The summed E-state index contributed by atoms with van der Waals surface area (Å²) >= 11 is 1.84. The largest absolute Gasteiger partial charge is 0.308 e. The van der Waals surface area contributed by atoms with Crippen LogP contribution in [-0.4, -0.2) is 12.5 Å². The molecule has 1 amide bonds. The molecule has 3 heteroatoms. The molecule has 0 unspecified atom stereocenters. The second-order valence-corrected chi connectivity index (χ2v) is 7.64. The van der Waals surface area contributed by atoms with Crippen molar-refractivity contribution in [1.29, 1.82) is 0 Å². The van der Waals surface area contributed by atoms with Crippen LogP contribution < -0.4 is 4.90 Å². The molecule has 1 aliphatic rings. The van der Waals surface area contributed by atoms with E-state index in [2.05, 4.69) is 42.5 Å². The van der Waals surface area contributed by atoms with Crippen molar-refractivity contribution in [3.05, 3.63) is 95.1 Å². The molecule has 0 aromatic heterocycles. The van der Waals surface area contributed by atoms with Crippen molar-refractivity contribution in [3.63, 3.8) is 0 Å². The van der Waals surface area contributed by atoms with E-state index in [-0.39, 0.29) is 5.91 Å². The highest BCUT2D eigenvalue weighted by molar-refractivity contribution is 7.98. The van der Waals surface area contributed by atoms with Gasteiger partial charge in [-0.05, 0) is 54.3 Å². The van der Waals surface area contributed by atoms with Gasteiger partial charge >= 0.3 is 0 Å². The number of carbonyl (C=O) groups is 1. The molecule has 3 aromatic rings. The van der Waals surface area contributed by atoms with Crippen molar-refractivity contribution in [2.45, 2.75) is 24.0 Å². The van der Waals surface area contributed by atoms with Crippen molar-refractivity contribution >= 4 is 23.4 Å². The van der Waals surface area contributed by atoms with E-state index in [1.54, 1.807) is 0 Å². The predicted molar refractivity (Wildman–Crippen MR) is 109 cm³/mol. The molecule has 1 heterocycles. The van der Waals surface area contributed by atoms with E-state index in [0.717, 1.165) is 35.5 Å². The van der Waals surface area contributed by atoms with Crippen molar-refractivity contribution in [1.82, 2.24) is 0 Å². The van der Waals surface area contributed by atoms with Gasteiger partial charge in [-0.25, -0.2) is 0 Å². The highest BCUT2D eigenvalue weighted by atomic mass is 32.2. The van der Waals surface area contributed by atoms with Gasteiger partial charge in [-0.15, -0.1) is 11.8 Å². The van der Waals surface area contributed by atoms with Crippen LogP contribution in [-0.2, 0) is 12.2 Å². The lowest BCUT2D eigenvalue weighted by molar-refractivity contribution is 0.0989. The molecule has 0 bridgehead atoms. The van der Waals surface area contributed by atoms with Gasteiger partial charge in [0.15, 0.2) is 0 Å². The number of amides is 1. The lowest BCUT2D eigenvalue weighted by Crippen LogP contribution is -2.29. The van der Waals surface area contributed by atoms with Crippen LogP contribution in [0, 0.1) is 6.92 Å². The fraction of sp³-hybridized carbons (Fsp3) is 0.174. The number of aryl methyl sites for hydroxylation is 1. The maximum absolute atomic E-state index is 12.9. The van der Waals surface area contributed by atoms with Crippen LogP contribution in [0.15, 0.2) is 77.7 Å². The van der Waals surface area contributed by atoms with E-state index in [4.69, 9.17) is 0 Å². The Labute approximate surface area is 158 Å². The molecular weight excluding hydrogens is 338 g/mol. The molecule has 0 saturated heterocycles. The molecular formula is C23H21NOS. The van der Waals surface area contributed by atoms with Gasteiger partial charge < -0.3 is 4.90 Å². The topological polar surface area (TPSA) is 20.3 Å². The van der Waals surface area contributed by atoms with Crippen LogP contribution in [0.3, 0.4) is 0 Å². The van der Waals surface area contributed by atoms with Crippen molar-refractivity contribution in [2.24, 2.45) is 0 Å². The van der Waals surface area contributed by atoms with Gasteiger partial charge in [0.25, 0.3) is 5.91 Å². The average Bonchev–Trinajstić information content (AvgIpc) is 3.10. The van der Waals surface area contributed by atoms with E-state index in [1.165, 1.54) is 16.0 Å². The zero-order chi connectivity index (χ0) is 17.9. The van der Waals surface area contributed by atoms with Crippen molar-refractivity contribution in [2.75, 3.05) is 11.4 Å². The van der Waals surface area contributed by atoms with Gasteiger partial charge in [-0.3, -0.25) is 4.79 Å². The molecule has 2 nitrogen and oxygen atoms in total. The molecule has 0 spiro atoms. The summed E-state index contributed by atoms with van der Waals surface area (Å²) in [4.78, 5) is 16.1. The smallest absolute Gasteiger partial charge is 0.258 e. The summed E-state index contributed by atoms with van der Waals surface area (Å²) in [5, 5.41) is 0. The number of nitrogens with zero attached hydrogens (tertiary/aromatic N) is 1. The summed E-state index contributed by atoms with van der Waals surface area (Å²) in [5.41, 5.74) is 5.48. The van der Waals surface area contributed by atoms with Crippen LogP contribution in [0.1, 0.15) is 27.0 Å². The van der Waals surface area contributed by atoms with E-state index in [0.29, 0.717) is 0 Å². The first-order valence-corrected chi connectivity index (χ1v) is 9.88. The lowest BCUT2D eigenvalue weighted by Gasteiger charge is -2.18. The van der Waals surface area contributed by atoms with Crippen molar-refractivity contribution in [3.8, 4) is 0 Å². The fourth-order valence-corrected chi connectivity index (χ4v) is 4.29. The van der Waals surface area contributed by atoms with Gasteiger partial charge in [-0.1, -0.05) is 48.5 Å². The van der Waals surface area contributed by atoms with E-state index < -0.39 is 0 Å². The maximum atomic E-state index is 12.9. The quantitative estimate of drug-likeness (QED) is 0.574. The third-order valence-electron chi connectivity index (χ3n) is 4.82. The Hall–Kier alpha value is -2.52. The second-order valence-electron chi connectivity index (χ2n) is 6.59. The summed E-state index contributed by atoms with van der Waals surface area (Å²) in [6.45, 7) is 2.75. The molecule has 130 valence electrons. The molecule has 3 aromatic carbocycles. The minimum absolute atomic E-state index is 0.103. The Kier molecular flexibility index (Phi) is 4.81. The molecule has 4 rings (SSSR count). The standard InChI is InChI=1S/C23H21NOS/c1-17-7-5-6-10-21(17)23(25)24-14-13-19-15-20(11-12-22(19)24)26-16-18-8-3-2-4-9-18/h2-12,15H,13-14,16H2,1H3. The Morgan fingerprint density at radius 1 is 1.00 bits per heavy atom. The number of benzene rings is 3. The van der Waals surface area contributed by atoms with Crippen molar-refractivity contribution < 1.29 is 4.79 Å². The normalized spacial score (nSPS) is 12.9. The van der Waals surface area contributed by atoms with Gasteiger partial charge in [0.05, 0.1) is 0 Å². The second kappa shape index (κ2) is 7.38. The van der Waals surface area contributed by atoms with E-state index >= 15 is 0 Å². The van der Waals surface area contributed by atoms with Crippen LogP contribution in [0.25, 0.3) is 0 Å². The SMILES string of the molecule is Cc1ccccc1C(=O)N1CCc2cc(SCc3ccccc3)ccc21. The number of thioether (sulfide) groups is 1. The summed E-state index contributed by atoms with van der Waals surface area (Å²) in [6, 6.07) is 24.8.